The van der Waals surface area contributed by atoms with Crippen LogP contribution < -0.4 is 5.56 Å². The molecular weight excluding hydrogens is 303 g/mol. The predicted molar refractivity (Wildman–Crippen MR) is 76.6 cm³/mol. The van der Waals surface area contributed by atoms with Gasteiger partial charge >= 0.3 is 0 Å². The maximum absolute atomic E-state index is 12.4. The number of ether oxygens (including phenoxy) is 2. The van der Waals surface area contributed by atoms with E-state index in [1.807, 2.05) is 0 Å². The largest absolute Gasteiger partial charge is 0.376 e. The summed E-state index contributed by atoms with van der Waals surface area (Å²) in [4.78, 5) is 16.6. The van der Waals surface area contributed by atoms with Gasteiger partial charge in [0, 0.05) is 5.02 Å². The average molecular weight is 315 g/mol. The molecule has 2 heterocycles. The lowest BCUT2D eigenvalue weighted by molar-refractivity contribution is -0.0939. The number of hydrogen-bond acceptors (Lipinski definition) is 4. The summed E-state index contributed by atoms with van der Waals surface area (Å²) in [5.74, 6) is 0. The average Bonchev–Trinajstić information content (AvgIpc) is 2.43. The number of halogens is 2. The second-order valence-electron chi connectivity index (χ2n) is 4.55. The predicted octanol–water partition coefficient (Wildman–Crippen LogP) is 2.12. The van der Waals surface area contributed by atoms with Gasteiger partial charge in [0.15, 0.2) is 0 Å². The minimum absolute atomic E-state index is 0.143. The lowest BCUT2D eigenvalue weighted by Crippen LogP contribution is -2.35. The van der Waals surface area contributed by atoms with Gasteiger partial charge in [-0.1, -0.05) is 23.2 Å². The normalized spacial score (nSPS) is 19.4. The third-order valence-electron chi connectivity index (χ3n) is 3.13. The van der Waals surface area contributed by atoms with Crippen LogP contribution in [0.2, 0.25) is 10.0 Å². The molecule has 1 aliphatic heterocycles. The van der Waals surface area contributed by atoms with Gasteiger partial charge in [-0.25, -0.2) is 4.98 Å². The van der Waals surface area contributed by atoms with E-state index in [0.29, 0.717) is 47.3 Å². The fourth-order valence-corrected chi connectivity index (χ4v) is 2.73. The van der Waals surface area contributed by atoms with Crippen LogP contribution in [-0.2, 0) is 16.0 Å². The Bertz CT molecular complexity index is 696. The van der Waals surface area contributed by atoms with Gasteiger partial charge in [0.25, 0.3) is 5.56 Å². The number of rotatable bonds is 2. The molecular formula is C13H12Cl2N2O3. The summed E-state index contributed by atoms with van der Waals surface area (Å²) in [5.41, 5.74) is 0.270. The van der Waals surface area contributed by atoms with Gasteiger partial charge in [0.2, 0.25) is 0 Å². The zero-order valence-electron chi connectivity index (χ0n) is 10.5. The van der Waals surface area contributed by atoms with Gasteiger partial charge in [0.05, 0.1) is 54.7 Å². The Morgan fingerprint density at radius 1 is 1.35 bits per heavy atom. The van der Waals surface area contributed by atoms with Crippen molar-refractivity contribution in [2.75, 3.05) is 19.8 Å². The van der Waals surface area contributed by atoms with E-state index < -0.39 is 0 Å². The Hall–Kier alpha value is -1.14. The van der Waals surface area contributed by atoms with E-state index in [4.69, 9.17) is 32.7 Å². The molecule has 1 aliphatic rings. The van der Waals surface area contributed by atoms with Crippen molar-refractivity contribution in [3.05, 3.63) is 38.9 Å². The van der Waals surface area contributed by atoms with Crippen molar-refractivity contribution in [1.82, 2.24) is 9.55 Å². The third-order valence-corrected chi connectivity index (χ3v) is 3.64. The summed E-state index contributed by atoms with van der Waals surface area (Å²) in [7, 11) is 0. The van der Waals surface area contributed by atoms with Crippen LogP contribution in [0.1, 0.15) is 0 Å². The van der Waals surface area contributed by atoms with E-state index in [9.17, 15) is 4.79 Å². The molecule has 0 radical (unpaired) electrons. The van der Waals surface area contributed by atoms with Crippen molar-refractivity contribution >= 4 is 34.1 Å². The smallest absolute Gasteiger partial charge is 0.261 e. The van der Waals surface area contributed by atoms with Crippen molar-refractivity contribution in [1.29, 1.82) is 0 Å². The number of benzene rings is 1. The van der Waals surface area contributed by atoms with E-state index in [1.165, 1.54) is 10.9 Å². The maximum Gasteiger partial charge on any atom is 0.261 e. The molecule has 0 amide bonds. The van der Waals surface area contributed by atoms with Crippen molar-refractivity contribution in [2.24, 2.45) is 0 Å². The highest BCUT2D eigenvalue weighted by atomic mass is 35.5. The molecule has 0 aliphatic carbocycles. The molecule has 1 fully saturated rings. The second-order valence-corrected chi connectivity index (χ2v) is 5.40. The monoisotopic (exact) mass is 314 g/mol. The maximum atomic E-state index is 12.4. The Morgan fingerprint density at radius 3 is 2.95 bits per heavy atom. The molecule has 1 unspecified atom stereocenters. The second kappa shape index (κ2) is 5.69. The Balaban J connectivity index is 2.00. The van der Waals surface area contributed by atoms with Crippen molar-refractivity contribution in [2.45, 2.75) is 12.6 Å². The van der Waals surface area contributed by atoms with Gasteiger partial charge in [-0.05, 0) is 12.1 Å². The Morgan fingerprint density at radius 2 is 2.20 bits per heavy atom. The number of aromatic nitrogens is 2. The van der Waals surface area contributed by atoms with Crippen LogP contribution in [0.5, 0.6) is 0 Å². The van der Waals surface area contributed by atoms with Crippen molar-refractivity contribution in [3.63, 3.8) is 0 Å². The van der Waals surface area contributed by atoms with Crippen LogP contribution in [0.3, 0.4) is 0 Å². The lowest BCUT2D eigenvalue weighted by Gasteiger charge is -2.23. The van der Waals surface area contributed by atoms with Gasteiger partial charge in [-0.15, -0.1) is 0 Å². The molecule has 2 aromatic rings. The Labute approximate surface area is 125 Å². The summed E-state index contributed by atoms with van der Waals surface area (Å²) in [6.45, 7) is 2.00. The highest BCUT2D eigenvalue weighted by Crippen LogP contribution is 2.24. The third kappa shape index (κ3) is 2.67. The number of hydrogen-bond donors (Lipinski definition) is 0. The van der Waals surface area contributed by atoms with Crippen LogP contribution >= 0.6 is 23.2 Å². The van der Waals surface area contributed by atoms with Crippen LogP contribution in [-0.4, -0.2) is 35.5 Å². The van der Waals surface area contributed by atoms with E-state index in [0.717, 1.165) is 0 Å². The summed E-state index contributed by atoms with van der Waals surface area (Å²) in [6, 6.07) is 3.15. The van der Waals surface area contributed by atoms with Gasteiger partial charge in [-0.3, -0.25) is 9.36 Å². The van der Waals surface area contributed by atoms with E-state index in [-0.39, 0.29) is 11.7 Å². The first-order chi connectivity index (χ1) is 9.65. The first-order valence-electron chi connectivity index (χ1n) is 6.18. The summed E-state index contributed by atoms with van der Waals surface area (Å²) in [5, 5.41) is 1.19. The fraction of sp³-hybridized carbons (Fsp3) is 0.385. The molecule has 1 saturated heterocycles. The summed E-state index contributed by atoms with van der Waals surface area (Å²) < 4.78 is 12.3. The number of fused-ring (bicyclic) bond motifs is 1. The van der Waals surface area contributed by atoms with Crippen LogP contribution in [0.25, 0.3) is 10.9 Å². The molecule has 5 nitrogen and oxygen atoms in total. The molecule has 20 heavy (non-hydrogen) atoms. The van der Waals surface area contributed by atoms with Crippen molar-refractivity contribution in [3.8, 4) is 0 Å². The molecule has 0 spiro atoms. The van der Waals surface area contributed by atoms with E-state index >= 15 is 0 Å². The standard InChI is InChI=1S/C13H12Cl2N2O3/c14-8-3-10-12(11(15)4-8)16-7-17(13(10)18)5-9-6-19-1-2-20-9/h3-4,7,9H,1-2,5-6H2. The molecule has 1 aromatic carbocycles. The molecule has 7 heteroatoms. The minimum atomic E-state index is -0.187. The summed E-state index contributed by atoms with van der Waals surface area (Å²) in [6.07, 6.45) is 1.33. The SMILES string of the molecule is O=c1c2cc(Cl)cc(Cl)c2ncn1CC1COCCO1. The molecule has 1 atom stereocenters. The van der Waals surface area contributed by atoms with Crippen LogP contribution in [0.4, 0.5) is 0 Å². The molecule has 3 rings (SSSR count). The zero-order chi connectivity index (χ0) is 14.1. The zero-order valence-corrected chi connectivity index (χ0v) is 12.0. The molecule has 1 aromatic heterocycles. The summed E-state index contributed by atoms with van der Waals surface area (Å²) >= 11 is 12.0. The highest BCUT2D eigenvalue weighted by Gasteiger charge is 2.17. The molecule has 0 saturated carbocycles. The quantitative estimate of drug-likeness (QED) is 0.852. The molecule has 0 bridgehead atoms. The highest BCUT2D eigenvalue weighted by molar-refractivity contribution is 6.38. The lowest BCUT2D eigenvalue weighted by atomic mass is 10.2. The van der Waals surface area contributed by atoms with Gasteiger partial charge < -0.3 is 9.47 Å². The number of nitrogens with zero attached hydrogens (tertiary/aromatic N) is 2. The van der Waals surface area contributed by atoms with E-state index in [1.54, 1.807) is 12.1 Å². The van der Waals surface area contributed by atoms with Crippen molar-refractivity contribution < 1.29 is 9.47 Å². The van der Waals surface area contributed by atoms with E-state index in [2.05, 4.69) is 4.98 Å². The molecule has 0 N–H and O–H groups in total. The minimum Gasteiger partial charge on any atom is -0.376 e. The van der Waals surface area contributed by atoms with Gasteiger partial charge in [-0.2, -0.15) is 0 Å². The van der Waals surface area contributed by atoms with Crippen LogP contribution in [0, 0.1) is 0 Å². The topological polar surface area (TPSA) is 53.4 Å². The van der Waals surface area contributed by atoms with Gasteiger partial charge in [0.1, 0.15) is 0 Å². The fourth-order valence-electron chi connectivity index (χ4n) is 2.19. The first kappa shape index (κ1) is 13.8. The molecule has 106 valence electrons. The van der Waals surface area contributed by atoms with Crippen LogP contribution in [0.15, 0.2) is 23.3 Å². The first-order valence-corrected chi connectivity index (χ1v) is 6.94. The Kier molecular flexibility index (Phi) is 3.94.